The second-order valence-corrected chi connectivity index (χ2v) is 12.9. The highest BCUT2D eigenvalue weighted by Crippen LogP contribution is 2.27. The number of aryl methyl sites for hydroxylation is 1. The molecule has 0 saturated heterocycles. The summed E-state index contributed by atoms with van der Waals surface area (Å²) >= 11 is 12.6. The van der Waals surface area contributed by atoms with E-state index in [0.29, 0.717) is 17.1 Å². The first-order chi connectivity index (χ1) is 21.0. The topological polar surface area (TPSA) is 86.8 Å². The molecule has 230 valence electrons. The zero-order chi connectivity index (χ0) is 31.9. The van der Waals surface area contributed by atoms with Gasteiger partial charge in [0.15, 0.2) is 0 Å². The molecular formula is C33H32Cl2FN3O4S. The fraction of sp³-hybridized carbons (Fsp3) is 0.212. The predicted molar refractivity (Wildman–Crippen MR) is 172 cm³/mol. The number of rotatable bonds is 12. The Kier molecular flexibility index (Phi) is 11.0. The van der Waals surface area contributed by atoms with E-state index in [9.17, 15) is 22.4 Å². The van der Waals surface area contributed by atoms with Gasteiger partial charge in [-0.3, -0.25) is 13.9 Å². The van der Waals surface area contributed by atoms with Crippen LogP contribution in [0, 0.1) is 12.7 Å². The lowest BCUT2D eigenvalue weighted by Crippen LogP contribution is -2.53. The van der Waals surface area contributed by atoms with Crippen LogP contribution >= 0.6 is 23.2 Å². The van der Waals surface area contributed by atoms with Gasteiger partial charge in [-0.1, -0.05) is 77.3 Å². The summed E-state index contributed by atoms with van der Waals surface area (Å²) in [6, 6.07) is 24.0. The van der Waals surface area contributed by atoms with Crippen LogP contribution in [0.4, 0.5) is 10.1 Å². The second kappa shape index (κ2) is 14.7. The Balaban J connectivity index is 1.81. The molecule has 0 aliphatic heterocycles. The van der Waals surface area contributed by atoms with Crippen molar-refractivity contribution in [2.75, 3.05) is 17.4 Å². The maximum absolute atomic E-state index is 14.3. The van der Waals surface area contributed by atoms with E-state index in [-0.39, 0.29) is 28.6 Å². The third-order valence-electron chi connectivity index (χ3n) is 6.98. The number of nitrogens with one attached hydrogen (secondary N) is 1. The molecule has 0 unspecified atom stereocenters. The van der Waals surface area contributed by atoms with Gasteiger partial charge in [-0.15, -0.1) is 0 Å². The van der Waals surface area contributed by atoms with Crippen LogP contribution in [-0.2, 0) is 32.6 Å². The minimum Gasteiger partial charge on any atom is -0.355 e. The molecule has 44 heavy (non-hydrogen) atoms. The van der Waals surface area contributed by atoms with E-state index in [2.05, 4.69) is 5.32 Å². The molecule has 0 fully saturated rings. The smallest absolute Gasteiger partial charge is 0.264 e. The van der Waals surface area contributed by atoms with Crippen LogP contribution in [0.5, 0.6) is 0 Å². The molecule has 0 radical (unpaired) electrons. The third kappa shape index (κ3) is 8.16. The number of amides is 2. The molecular weight excluding hydrogens is 624 g/mol. The number of sulfonamides is 1. The number of likely N-dealkylation sites (N-methyl/N-ethyl adjacent to an activating group) is 1. The number of carbonyl (C=O) groups is 2. The molecule has 7 nitrogen and oxygen atoms in total. The van der Waals surface area contributed by atoms with Crippen molar-refractivity contribution in [1.82, 2.24) is 10.2 Å². The van der Waals surface area contributed by atoms with Crippen molar-refractivity contribution in [1.29, 1.82) is 0 Å². The average Bonchev–Trinajstić information content (AvgIpc) is 3.00. The van der Waals surface area contributed by atoms with Gasteiger partial charge in [0.05, 0.1) is 10.6 Å². The number of nitrogens with zero attached hydrogens (tertiary/aromatic N) is 2. The standard InChI is InChI=1S/C33H32Cl2FN3O4S/c1-3-37-33(41)31(19-24-7-5-4-6-8-24)38(21-25-11-12-26(34)20-30(25)35)32(40)22-39(28-15-13-27(36)14-16-28)44(42,43)29-17-9-23(2)10-18-29/h4-18,20,31H,3,19,21-22H2,1-2H3,(H,37,41)/t31-/m0/s1. The zero-order valence-corrected chi connectivity index (χ0v) is 26.5. The summed E-state index contributed by atoms with van der Waals surface area (Å²) < 4.78 is 42.8. The number of anilines is 1. The van der Waals surface area contributed by atoms with E-state index in [4.69, 9.17) is 23.2 Å². The normalized spacial score (nSPS) is 11.9. The first kappa shape index (κ1) is 33.0. The van der Waals surface area contributed by atoms with E-state index in [1.54, 1.807) is 31.2 Å². The summed E-state index contributed by atoms with van der Waals surface area (Å²) in [5.41, 5.74) is 2.25. The fourth-order valence-corrected chi connectivity index (χ4v) is 6.54. The van der Waals surface area contributed by atoms with Crippen molar-refractivity contribution in [3.8, 4) is 0 Å². The molecule has 1 N–H and O–H groups in total. The predicted octanol–water partition coefficient (Wildman–Crippen LogP) is 6.41. The Morgan fingerprint density at radius 1 is 0.909 bits per heavy atom. The van der Waals surface area contributed by atoms with E-state index in [1.807, 2.05) is 37.3 Å². The zero-order valence-electron chi connectivity index (χ0n) is 24.2. The lowest BCUT2D eigenvalue weighted by molar-refractivity contribution is -0.140. The molecule has 0 aliphatic carbocycles. The fourth-order valence-electron chi connectivity index (χ4n) is 4.65. The van der Waals surface area contributed by atoms with Crippen LogP contribution in [0.1, 0.15) is 23.6 Å². The highest BCUT2D eigenvalue weighted by atomic mass is 35.5. The number of benzene rings is 4. The van der Waals surface area contributed by atoms with Crippen LogP contribution in [-0.4, -0.2) is 44.3 Å². The molecule has 4 aromatic carbocycles. The quantitative estimate of drug-likeness (QED) is 0.191. The summed E-state index contributed by atoms with van der Waals surface area (Å²) in [4.78, 5) is 29.2. The van der Waals surface area contributed by atoms with Crippen molar-refractivity contribution in [2.24, 2.45) is 0 Å². The molecule has 0 saturated carbocycles. The van der Waals surface area contributed by atoms with Gasteiger partial charge in [-0.25, -0.2) is 12.8 Å². The monoisotopic (exact) mass is 655 g/mol. The lowest BCUT2D eigenvalue weighted by Gasteiger charge is -2.34. The molecule has 0 aliphatic rings. The van der Waals surface area contributed by atoms with Crippen LogP contribution in [0.3, 0.4) is 0 Å². The van der Waals surface area contributed by atoms with Gasteiger partial charge >= 0.3 is 0 Å². The van der Waals surface area contributed by atoms with Crippen molar-refractivity contribution in [3.63, 3.8) is 0 Å². The van der Waals surface area contributed by atoms with Gasteiger partial charge in [-0.05, 0) is 73.5 Å². The SMILES string of the molecule is CCNC(=O)[C@H](Cc1ccccc1)N(Cc1ccc(Cl)cc1Cl)C(=O)CN(c1ccc(F)cc1)S(=O)(=O)c1ccc(C)cc1. The largest absolute Gasteiger partial charge is 0.355 e. The average molecular weight is 657 g/mol. The van der Waals surface area contributed by atoms with Gasteiger partial charge < -0.3 is 10.2 Å². The van der Waals surface area contributed by atoms with Crippen LogP contribution in [0.25, 0.3) is 0 Å². The molecule has 0 spiro atoms. The second-order valence-electron chi connectivity index (χ2n) is 10.2. The Hall–Kier alpha value is -3.92. The summed E-state index contributed by atoms with van der Waals surface area (Å²) in [6.45, 7) is 3.14. The Labute approximate surface area is 267 Å². The molecule has 2 amide bonds. The maximum Gasteiger partial charge on any atom is 0.264 e. The Morgan fingerprint density at radius 2 is 1.57 bits per heavy atom. The van der Waals surface area contributed by atoms with Crippen molar-refractivity contribution in [3.05, 3.63) is 130 Å². The number of hydrogen-bond acceptors (Lipinski definition) is 4. The summed E-state index contributed by atoms with van der Waals surface area (Å²) in [5, 5.41) is 3.48. The van der Waals surface area contributed by atoms with Crippen molar-refractivity contribution < 1.29 is 22.4 Å². The van der Waals surface area contributed by atoms with Gasteiger partial charge in [0.25, 0.3) is 10.0 Å². The molecule has 0 bridgehead atoms. The molecule has 1 atom stereocenters. The molecule has 4 rings (SSSR count). The molecule has 0 heterocycles. The minimum absolute atomic E-state index is 0.0444. The summed E-state index contributed by atoms with van der Waals surface area (Å²) in [6.07, 6.45) is 0.158. The molecule has 0 aromatic heterocycles. The lowest BCUT2D eigenvalue weighted by atomic mass is 10.0. The number of hydrogen-bond donors (Lipinski definition) is 1. The Bertz CT molecular complexity index is 1700. The van der Waals surface area contributed by atoms with Gasteiger partial charge in [-0.2, -0.15) is 0 Å². The molecule has 11 heteroatoms. The highest BCUT2D eigenvalue weighted by Gasteiger charge is 2.34. The van der Waals surface area contributed by atoms with E-state index >= 15 is 0 Å². The van der Waals surface area contributed by atoms with Gasteiger partial charge in [0.2, 0.25) is 11.8 Å². The van der Waals surface area contributed by atoms with Crippen LogP contribution < -0.4 is 9.62 Å². The number of halogens is 3. The Morgan fingerprint density at radius 3 is 2.18 bits per heavy atom. The van der Waals surface area contributed by atoms with Gasteiger partial charge in [0, 0.05) is 29.6 Å². The van der Waals surface area contributed by atoms with Crippen molar-refractivity contribution in [2.45, 2.75) is 37.8 Å². The van der Waals surface area contributed by atoms with E-state index in [0.717, 1.165) is 27.6 Å². The van der Waals surface area contributed by atoms with Crippen LogP contribution in [0.15, 0.2) is 102 Å². The van der Waals surface area contributed by atoms with Crippen LogP contribution in [0.2, 0.25) is 10.0 Å². The first-order valence-corrected chi connectivity index (χ1v) is 16.1. The third-order valence-corrected chi connectivity index (χ3v) is 9.36. The minimum atomic E-state index is -4.29. The van der Waals surface area contributed by atoms with Crippen molar-refractivity contribution >= 4 is 50.7 Å². The molecule has 4 aromatic rings. The highest BCUT2D eigenvalue weighted by molar-refractivity contribution is 7.92. The van der Waals surface area contributed by atoms with Gasteiger partial charge in [0.1, 0.15) is 18.4 Å². The summed E-state index contributed by atoms with van der Waals surface area (Å²) in [5.74, 6) is -1.64. The summed E-state index contributed by atoms with van der Waals surface area (Å²) in [7, 11) is -4.29. The maximum atomic E-state index is 14.3. The number of carbonyl (C=O) groups excluding carboxylic acids is 2. The van der Waals surface area contributed by atoms with E-state index in [1.165, 1.54) is 35.2 Å². The first-order valence-electron chi connectivity index (χ1n) is 13.9. The van der Waals surface area contributed by atoms with E-state index < -0.39 is 40.2 Å².